The summed E-state index contributed by atoms with van der Waals surface area (Å²) in [6.45, 7) is 5.42. The molecule has 0 saturated carbocycles. The van der Waals surface area contributed by atoms with Crippen LogP contribution < -0.4 is 20.9 Å². The molecule has 4 aromatic carbocycles. The van der Waals surface area contributed by atoms with Crippen molar-refractivity contribution >= 4 is 40.9 Å². The number of ketones is 2. The molecular formula is C46H51F5N6O5. The third-order valence-electron chi connectivity index (χ3n) is 10.6. The van der Waals surface area contributed by atoms with Crippen molar-refractivity contribution in [2.45, 2.75) is 71.6 Å². The Morgan fingerprint density at radius 2 is 1.03 bits per heavy atom. The van der Waals surface area contributed by atoms with Gasteiger partial charge < -0.3 is 20.9 Å². The fraction of sp³-hybridized carbons (Fsp3) is 0.370. The number of nitrogens with two attached hydrogens (primary N) is 1. The molecular weight excluding hydrogens is 812 g/mol. The van der Waals surface area contributed by atoms with Gasteiger partial charge in [0.2, 0.25) is 0 Å². The van der Waals surface area contributed by atoms with E-state index in [-0.39, 0.29) is 54.2 Å². The number of hydrogen-bond acceptors (Lipinski definition) is 6. The molecule has 4 aromatic rings. The highest BCUT2D eigenvalue weighted by Gasteiger charge is 2.38. The Labute approximate surface area is 357 Å². The second kappa shape index (κ2) is 21.6. The van der Waals surface area contributed by atoms with Gasteiger partial charge in [0.25, 0.3) is 0 Å². The highest BCUT2D eigenvalue weighted by Crippen LogP contribution is 2.26. The lowest BCUT2D eigenvalue weighted by atomic mass is 10.1. The van der Waals surface area contributed by atoms with Crippen LogP contribution in [0.25, 0.3) is 0 Å². The number of rotatable bonds is 11. The molecule has 0 radical (unpaired) electrons. The summed E-state index contributed by atoms with van der Waals surface area (Å²) in [5, 5.41) is 1.47. The first-order valence-corrected chi connectivity index (χ1v) is 20.5. The van der Waals surface area contributed by atoms with Gasteiger partial charge in [0.15, 0.2) is 11.6 Å². The number of anilines is 2. The number of benzene rings is 4. The fourth-order valence-electron chi connectivity index (χ4n) is 7.16. The van der Waals surface area contributed by atoms with Gasteiger partial charge in [-0.3, -0.25) is 24.2 Å². The van der Waals surface area contributed by atoms with Crippen LogP contribution in [-0.4, -0.2) is 84.8 Å². The summed E-state index contributed by atoms with van der Waals surface area (Å²) < 4.78 is 66.4. The van der Waals surface area contributed by atoms with Gasteiger partial charge in [-0.05, 0) is 99.9 Å². The molecule has 0 unspecified atom stereocenters. The number of hydrogen-bond donors (Lipinski definition) is 2. The zero-order chi connectivity index (χ0) is 45.0. The average molecular weight is 863 g/mol. The lowest BCUT2D eigenvalue weighted by molar-refractivity contribution is -0.173. The summed E-state index contributed by atoms with van der Waals surface area (Å²) >= 11 is 0. The van der Waals surface area contributed by atoms with E-state index in [9.17, 15) is 45.9 Å². The van der Waals surface area contributed by atoms with Crippen molar-refractivity contribution in [3.05, 3.63) is 130 Å². The smallest absolute Gasteiger partial charge is 0.341 e. The van der Waals surface area contributed by atoms with E-state index in [1.807, 2.05) is 55.1 Å². The van der Waals surface area contributed by atoms with Gasteiger partial charge in [-0.15, -0.1) is 0 Å². The first-order chi connectivity index (χ1) is 29.5. The number of nitrogens with one attached hydrogen (secondary N) is 1. The Morgan fingerprint density at radius 1 is 0.613 bits per heavy atom. The Bertz CT molecular complexity index is 2240. The predicted octanol–water partition coefficient (Wildman–Crippen LogP) is 8.50. The summed E-state index contributed by atoms with van der Waals surface area (Å²) in [5.74, 6) is -4.73. The number of piperidine rings is 2. The predicted molar refractivity (Wildman–Crippen MR) is 226 cm³/mol. The molecule has 0 bridgehead atoms. The molecule has 2 aliphatic rings. The Kier molecular flexibility index (Phi) is 16.3. The summed E-state index contributed by atoms with van der Waals surface area (Å²) in [6.07, 6.45) is 0.805. The molecule has 2 fully saturated rings. The molecule has 2 heterocycles. The first kappa shape index (κ1) is 46.9. The summed E-state index contributed by atoms with van der Waals surface area (Å²) in [4.78, 5) is 67.8. The van der Waals surface area contributed by atoms with E-state index in [0.717, 1.165) is 61.4 Å². The second-order valence-corrected chi connectivity index (χ2v) is 15.4. The Morgan fingerprint density at radius 3 is 1.40 bits per heavy atom. The number of Topliss-reactive ketones (excluding diaryl/α,β-unsaturated/α-hetero) is 2. The standard InChI is InChI=1S/C24H25F4N3O3.C22H26FN3O2/c1-16-6-5-7-19(12-16)31(23(34)30-10-3-2-4-11-30)15-18-9-8-17(13-20(18)25)21(32)14-29-22(33)24(26,27)28;1-16-6-5-7-19(12-16)26(22(28)25-10-3-2-4-11-25)15-18-9-8-17(13-20(18)23)21(27)14-24/h5-9,12-13H,2-4,10-11,14-15H2,1H3,(H,29,33);5-9,12-13H,2-4,10-11,14-15,24H2,1H3. The van der Waals surface area contributed by atoms with Crippen molar-refractivity contribution in [3.63, 3.8) is 0 Å². The molecule has 0 aromatic heterocycles. The van der Waals surface area contributed by atoms with Crippen LogP contribution in [0.2, 0.25) is 0 Å². The van der Waals surface area contributed by atoms with Crippen LogP contribution in [0.3, 0.4) is 0 Å². The number of likely N-dealkylation sites (tertiary alicyclic amines) is 2. The maximum absolute atomic E-state index is 14.9. The number of halogens is 5. The number of urea groups is 2. The molecule has 11 nitrogen and oxygen atoms in total. The van der Waals surface area contributed by atoms with E-state index in [1.54, 1.807) is 34.1 Å². The summed E-state index contributed by atoms with van der Waals surface area (Å²) in [6, 6.07) is 22.3. The third kappa shape index (κ3) is 12.7. The van der Waals surface area contributed by atoms with Crippen LogP contribution in [-0.2, 0) is 17.9 Å². The quantitative estimate of drug-likeness (QED) is 0.115. The fourth-order valence-corrected chi connectivity index (χ4v) is 7.16. The summed E-state index contributed by atoms with van der Waals surface area (Å²) in [7, 11) is 0. The number of amides is 5. The molecule has 330 valence electrons. The van der Waals surface area contributed by atoms with Crippen LogP contribution in [0.5, 0.6) is 0 Å². The molecule has 16 heteroatoms. The molecule has 2 aliphatic heterocycles. The van der Waals surface area contributed by atoms with Crippen molar-refractivity contribution in [2.24, 2.45) is 5.73 Å². The number of carbonyl (C=O) groups is 5. The van der Waals surface area contributed by atoms with Crippen molar-refractivity contribution in [2.75, 3.05) is 49.1 Å². The van der Waals surface area contributed by atoms with Gasteiger partial charge >= 0.3 is 24.1 Å². The minimum absolute atomic E-state index is 0.0934. The number of nitrogens with zero attached hydrogens (tertiary/aromatic N) is 4. The molecule has 2 saturated heterocycles. The average Bonchev–Trinajstić information content (AvgIpc) is 3.27. The lowest BCUT2D eigenvalue weighted by Gasteiger charge is -2.33. The summed E-state index contributed by atoms with van der Waals surface area (Å²) in [5.41, 5.74) is 9.20. The lowest BCUT2D eigenvalue weighted by Crippen LogP contribution is -2.45. The van der Waals surface area contributed by atoms with Gasteiger partial charge in [-0.25, -0.2) is 18.4 Å². The molecule has 0 atom stereocenters. The molecule has 0 spiro atoms. The van der Waals surface area contributed by atoms with Gasteiger partial charge in [-0.2, -0.15) is 13.2 Å². The van der Waals surface area contributed by atoms with Crippen molar-refractivity contribution in [1.82, 2.24) is 15.1 Å². The van der Waals surface area contributed by atoms with Crippen LogP contribution in [0.4, 0.5) is 42.9 Å². The van der Waals surface area contributed by atoms with Crippen LogP contribution in [0.1, 0.15) is 81.5 Å². The number of aryl methyl sites for hydroxylation is 2. The van der Waals surface area contributed by atoms with Crippen molar-refractivity contribution in [3.8, 4) is 0 Å². The minimum Gasteiger partial charge on any atom is -0.341 e. The van der Waals surface area contributed by atoms with Crippen molar-refractivity contribution < 1.29 is 45.9 Å². The van der Waals surface area contributed by atoms with Crippen LogP contribution in [0.15, 0.2) is 84.9 Å². The van der Waals surface area contributed by atoms with E-state index in [1.165, 1.54) is 28.4 Å². The van der Waals surface area contributed by atoms with E-state index in [0.29, 0.717) is 37.4 Å². The molecule has 62 heavy (non-hydrogen) atoms. The normalized spacial score (nSPS) is 14.0. The highest BCUT2D eigenvalue weighted by atomic mass is 19.4. The van der Waals surface area contributed by atoms with E-state index in [4.69, 9.17) is 5.73 Å². The second-order valence-electron chi connectivity index (χ2n) is 15.4. The van der Waals surface area contributed by atoms with E-state index < -0.39 is 36.0 Å². The largest absolute Gasteiger partial charge is 0.471 e. The molecule has 3 N–H and O–H groups in total. The van der Waals surface area contributed by atoms with Crippen molar-refractivity contribution in [1.29, 1.82) is 0 Å². The molecule has 0 aliphatic carbocycles. The Balaban J connectivity index is 0.000000238. The molecule has 6 rings (SSSR count). The van der Waals surface area contributed by atoms with Gasteiger partial charge in [0.05, 0.1) is 26.2 Å². The van der Waals surface area contributed by atoms with E-state index >= 15 is 0 Å². The first-order valence-electron chi connectivity index (χ1n) is 20.5. The number of alkyl halides is 3. The maximum atomic E-state index is 14.9. The van der Waals surface area contributed by atoms with E-state index in [2.05, 4.69) is 0 Å². The van der Waals surface area contributed by atoms with Crippen LogP contribution in [0, 0.1) is 25.5 Å². The highest BCUT2D eigenvalue weighted by molar-refractivity contribution is 6.00. The minimum atomic E-state index is -5.12. The number of carbonyl (C=O) groups excluding carboxylic acids is 5. The van der Waals surface area contributed by atoms with Gasteiger partial charge in [-0.1, -0.05) is 48.5 Å². The van der Waals surface area contributed by atoms with Crippen LogP contribution >= 0.6 is 0 Å². The topological polar surface area (TPSA) is 136 Å². The Hall–Kier alpha value is -6.16. The zero-order valence-corrected chi connectivity index (χ0v) is 34.8. The SMILES string of the molecule is Cc1cccc(N(Cc2ccc(C(=O)CN)cc2F)C(=O)N2CCCCC2)c1.Cc1cccc(N(Cc2ccc(C(=O)CNC(=O)C(F)(F)F)cc2F)C(=O)N2CCCCC2)c1. The van der Waals surface area contributed by atoms with Gasteiger partial charge in [0.1, 0.15) is 11.6 Å². The van der Waals surface area contributed by atoms with Gasteiger partial charge in [0, 0.05) is 59.8 Å². The maximum Gasteiger partial charge on any atom is 0.471 e. The molecule has 5 amide bonds. The monoisotopic (exact) mass is 862 g/mol. The third-order valence-corrected chi connectivity index (χ3v) is 10.6. The zero-order valence-electron chi connectivity index (χ0n) is 34.8.